The van der Waals surface area contributed by atoms with Gasteiger partial charge >= 0.3 is 0 Å². The minimum Gasteiger partial charge on any atom is -0.290 e. The molecule has 2 bridgehead atoms. The van der Waals surface area contributed by atoms with Crippen molar-refractivity contribution in [2.75, 3.05) is 0 Å². The lowest BCUT2D eigenvalue weighted by molar-refractivity contribution is 0.133. The van der Waals surface area contributed by atoms with Crippen LogP contribution in [0.25, 0.3) is 0 Å². The molecule has 2 saturated heterocycles. The van der Waals surface area contributed by atoms with E-state index in [1.54, 1.807) is 0 Å². The van der Waals surface area contributed by atoms with Crippen LogP contribution in [0.1, 0.15) is 31.5 Å². The van der Waals surface area contributed by atoms with Gasteiger partial charge in [-0.15, -0.1) is 10.2 Å². The van der Waals surface area contributed by atoms with Gasteiger partial charge in [-0.2, -0.15) is 4.80 Å². The van der Waals surface area contributed by atoms with Crippen LogP contribution >= 0.6 is 15.9 Å². The van der Waals surface area contributed by atoms with Crippen molar-refractivity contribution in [3.63, 3.8) is 0 Å². The van der Waals surface area contributed by atoms with E-state index in [-0.39, 0.29) is 0 Å². The molecule has 2 unspecified atom stereocenters. The van der Waals surface area contributed by atoms with Gasteiger partial charge in [0.15, 0.2) is 5.82 Å². The smallest absolute Gasteiger partial charge is 0.188 e. The van der Waals surface area contributed by atoms with E-state index in [9.17, 15) is 0 Å². The van der Waals surface area contributed by atoms with E-state index in [1.165, 1.54) is 30.5 Å². The second-order valence-corrected chi connectivity index (χ2v) is 6.12. The molecule has 0 aliphatic carbocycles. The van der Waals surface area contributed by atoms with Crippen molar-refractivity contribution in [2.45, 2.75) is 49.1 Å². The number of aryl methyl sites for hydroxylation is 1. The van der Waals surface area contributed by atoms with Crippen LogP contribution in [0.4, 0.5) is 0 Å². The average molecular weight is 286 g/mol. The average Bonchev–Trinajstić information content (AvgIpc) is 2.72. The maximum atomic E-state index is 4.26. The fourth-order valence-electron chi connectivity index (χ4n) is 3.02. The monoisotopic (exact) mass is 285 g/mol. The van der Waals surface area contributed by atoms with Crippen molar-refractivity contribution in [3.8, 4) is 0 Å². The third-order valence-corrected chi connectivity index (χ3v) is 4.45. The number of hydrogen-bond donors (Lipinski definition) is 0. The topological polar surface area (TPSA) is 46.8 Å². The molecule has 3 heterocycles. The molecule has 0 radical (unpaired) electrons. The Morgan fingerprint density at radius 1 is 1.31 bits per heavy atom. The fraction of sp³-hybridized carbons (Fsp3) is 0.900. The van der Waals surface area contributed by atoms with Gasteiger partial charge in [0.2, 0.25) is 0 Å². The molecule has 0 spiro atoms. The van der Waals surface area contributed by atoms with Crippen LogP contribution < -0.4 is 0 Å². The summed E-state index contributed by atoms with van der Waals surface area (Å²) in [5.74, 6) is 0.854. The number of nitrogens with zero attached hydrogens (tertiary/aromatic N) is 5. The van der Waals surface area contributed by atoms with Gasteiger partial charge < -0.3 is 0 Å². The van der Waals surface area contributed by atoms with Crippen LogP contribution in [0, 0.1) is 0 Å². The van der Waals surface area contributed by atoms with E-state index in [1.807, 2.05) is 7.05 Å². The van der Waals surface area contributed by atoms with E-state index in [2.05, 4.69) is 36.2 Å². The molecule has 5 nitrogen and oxygen atoms in total. The number of piperidine rings is 1. The molecule has 2 fully saturated rings. The second-order valence-electron chi connectivity index (χ2n) is 4.82. The first-order valence-electron chi connectivity index (χ1n) is 5.85. The van der Waals surface area contributed by atoms with Crippen molar-refractivity contribution in [1.82, 2.24) is 25.1 Å². The van der Waals surface area contributed by atoms with E-state index in [0.29, 0.717) is 16.9 Å². The Kier molecular flexibility index (Phi) is 2.71. The zero-order valence-corrected chi connectivity index (χ0v) is 11.0. The summed E-state index contributed by atoms with van der Waals surface area (Å²) in [6, 6.07) is 1.43. The number of rotatable bonds is 2. The van der Waals surface area contributed by atoms with Gasteiger partial charge in [0.25, 0.3) is 0 Å². The highest BCUT2D eigenvalue weighted by Gasteiger charge is 2.40. The molecule has 0 N–H and O–H groups in total. The number of fused-ring (bicyclic) bond motifs is 2. The Labute approximate surface area is 103 Å². The maximum Gasteiger partial charge on any atom is 0.188 e. The van der Waals surface area contributed by atoms with E-state index in [0.717, 1.165) is 12.4 Å². The lowest BCUT2D eigenvalue weighted by atomic mass is 10.0. The van der Waals surface area contributed by atoms with Crippen molar-refractivity contribution < 1.29 is 0 Å². The first-order chi connectivity index (χ1) is 7.72. The Bertz CT molecular complexity index is 365. The van der Waals surface area contributed by atoms with Crippen LogP contribution in [-0.4, -0.2) is 42.0 Å². The Morgan fingerprint density at radius 2 is 2.00 bits per heavy atom. The van der Waals surface area contributed by atoms with Gasteiger partial charge in [-0.05, 0) is 30.9 Å². The molecule has 3 rings (SSSR count). The summed E-state index contributed by atoms with van der Waals surface area (Å²) in [5.41, 5.74) is 0. The standard InChI is InChI=1S/C10H16BrN5/c1-15-13-10(12-14-15)6-16-8-2-3-9(16)5-7(11)4-8/h7-9H,2-6H2,1H3. The Hall–Kier alpha value is -0.490. The van der Waals surface area contributed by atoms with Crippen LogP contribution in [-0.2, 0) is 13.6 Å². The highest BCUT2D eigenvalue weighted by atomic mass is 79.9. The summed E-state index contributed by atoms with van der Waals surface area (Å²) in [4.78, 5) is 4.81. The molecule has 88 valence electrons. The number of tetrazole rings is 1. The van der Waals surface area contributed by atoms with Gasteiger partial charge in [0, 0.05) is 16.9 Å². The summed E-state index contributed by atoms with van der Waals surface area (Å²) >= 11 is 3.75. The molecule has 0 aromatic carbocycles. The fourth-order valence-corrected chi connectivity index (χ4v) is 3.88. The Morgan fingerprint density at radius 3 is 2.56 bits per heavy atom. The quantitative estimate of drug-likeness (QED) is 0.764. The van der Waals surface area contributed by atoms with E-state index >= 15 is 0 Å². The normalized spacial score (nSPS) is 34.5. The summed E-state index contributed by atoms with van der Waals surface area (Å²) in [7, 11) is 1.82. The zero-order valence-electron chi connectivity index (χ0n) is 9.38. The number of aromatic nitrogens is 4. The first-order valence-corrected chi connectivity index (χ1v) is 6.76. The number of alkyl halides is 1. The number of halogens is 1. The predicted octanol–water partition coefficient (Wildman–Crippen LogP) is 1.10. The summed E-state index contributed by atoms with van der Waals surface area (Å²) in [6.45, 7) is 0.864. The van der Waals surface area contributed by atoms with Crippen molar-refractivity contribution in [2.24, 2.45) is 7.05 Å². The van der Waals surface area contributed by atoms with Crippen LogP contribution in [0.5, 0.6) is 0 Å². The molecule has 2 aliphatic rings. The molecule has 0 saturated carbocycles. The van der Waals surface area contributed by atoms with Gasteiger partial charge in [0.1, 0.15) is 0 Å². The summed E-state index contributed by atoms with van der Waals surface area (Å²) < 4.78 is 0. The SMILES string of the molecule is Cn1nnc(CN2C3CCC2CC(Br)C3)n1. The molecule has 0 amide bonds. The minimum atomic E-state index is 0.705. The minimum absolute atomic E-state index is 0.705. The summed E-state index contributed by atoms with van der Waals surface area (Å²) in [6.07, 6.45) is 5.17. The predicted molar refractivity (Wildman–Crippen MR) is 63.1 cm³/mol. The molecular weight excluding hydrogens is 270 g/mol. The highest BCUT2D eigenvalue weighted by molar-refractivity contribution is 9.09. The Balaban J connectivity index is 1.72. The van der Waals surface area contributed by atoms with Gasteiger partial charge in [-0.1, -0.05) is 15.9 Å². The van der Waals surface area contributed by atoms with Gasteiger partial charge in [-0.25, -0.2) is 0 Å². The molecule has 2 aliphatic heterocycles. The second kappa shape index (κ2) is 4.07. The van der Waals surface area contributed by atoms with E-state index in [4.69, 9.17) is 0 Å². The molecule has 1 aromatic heterocycles. The van der Waals surface area contributed by atoms with Crippen molar-refractivity contribution in [3.05, 3.63) is 5.82 Å². The molecule has 2 atom stereocenters. The molecule has 6 heteroatoms. The van der Waals surface area contributed by atoms with Crippen molar-refractivity contribution in [1.29, 1.82) is 0 Å². The molecule has 16 heavy (non-hydrogen) atoms. The third-order valence-electron chi connectivity index (χ3n) is 3.70. The zero-order chi connectivity index (χ0) is 11.1. The van der Waals surface area contributed by atoms with Crippen LogP contribution in [0.3, 0.4) is 0 Å². The maximum absolute atomic E-state index is 4.26. The molecule has 1 aromatic rings. The first kappa shape index (κ1) is 10.7. The lowest BCUT2D eigenvalue weighted by Gasteiger charge is -2.36. The molecular formula is C10H16BrN5. The van der Waals surface area contributed by atoms with Crippen LogP contribution in [0.2, 0.25) is 0 Å². The van der Waals surface area contributed by atoms with Gasteiger partial charge in [0.05, 0.1) is 13.6 Å². The number of hydrogen-bond acceptors (Lipinski definition) is 4. The van der Waals surface area contributed by atoms with Crippen LogP contribution in [0.15, 0.2) is 0 Å². The third kappa shape index (κ3) is 1.88. The van der Waals surface area contributed by atoms with Crippen molar-refractivity contribution >= 4 is 15.9 Å². The highest BCUT2D eigenvalue weighted by Crippen LogP contribution is 2.38. The lowest BCUT2D eigenvalue weighted by Crippen LogP contribution is -2.42. The van der Waals surface area contributed by atoms with E-state index < -0.39 is 0 Å². The summed E-state index contributed by atoms with van der Waals surface area (Å²) in [5, 5.41) is 12.2. The van der Waals surface area contributed by atoms with Gasteiger partial charge in [-0.3, -0.25) is 4.90 Å². The largest absolute Gasteiger partial charge is 0.290 e.